The second-order valence-electron chi connectivity index (χ2n) is 6.41. The summed E-state index contributed by atoms with van der Waals surface area (Å²) in [5, 5.41) is 3.34. The Balaban J connectivity index is 1.92. The van der Waals surface area contributed by atoms with Gasteiger partial charge in [-0.3, -0.25) is 4.79 Å². The molecule has 2 fully saturated rings. The number of rotatable bonds is 3. The van der Waals surface area contributed by atoms with Crippen LogP contribution in [0.15, 0.2) is 15.4 Å². The lowest BCUT2D eigenvalue weighted by atomic mass is 10.1. The smallest absolute Gasteiger partial charge is 0.290 e. The minimum absolute atomic E-state index is 0.0612. The molecular weight excluding hydrogens is 318 g/mol. The maximum absolute atomic E-state index is 12.9. The molecule has 1 amide bonds. The van der Waals surface area contributed by atoms with Crippen LogP contribution in [0, 0.1) is 6.92 Å². The molecule has 3 rings (SSSR count). The SMILES string of the molecule is Cc1oc(C(=O)N2C3CCNCC2CC3)cc1S(=O)(=O)N(C)C. The van der Waals surface area contributed by atoms with Crippen molar-refractivity contribution < 1.29 is 17.6 Å². The predicted octanol–water partition coefficient (Wildman–Crippen LogP) is 0.805. The number of furan rings is 1. The average molecular weight is 341 g/mol. The van der Waals surface area contributed by atoms with Gasteiger partial charge in [-0.1, -0.05) is 0 Å². The lowest BCUT2D eigenvalue weighted by Crippen LogP contribution is -2.42. The van der Waals surface area contributed by atoms with Crippen LogP contribution >= 0.6 is 0 Å². The first-order valence-corrected chi connectivity index (χ1v) is 9.32. The van der Waals surface area contributed by atoms with Gasteiger partial charge in [-0.15, -0.1) is 0 Å². The summed E-state index contributed by atoms with van der Waals surface area (Å²) < 4.78 is 31.2. The molecule has 2 saturated heterocycles. The third kappa shape index (κ3) is 2.79. The summed E-state index contributed by atoms with van der Waals surface area (Å²) in [6, 6.07) is 1.74. The fourth-order valence-electron chi connectivity index (χ4n) is 3.46. The van der Waals surface area contributed by atoms with Gasteiger partial charge in [0.1, 0.15) is 10.7 Å². The normalized spacial score (nSPS) is 25.0. The van der Waals surface area contributed by atoms with Gasteiger partial charge in [0.15, 0.2) is 5.76 Å². The molecule has 0 aliphatic carbocycles. The van der Waals surface area contributed by atoms with E-state index in [9.17, 15) is 13.2 Å². The van der Waals surface area contributed by atoms with Crippen molar-refractivity contribution in [3.8, 4) is 0 Å². The second-order valence-corrected chi connectivity index (χ2v) is 8.53. The molecule has 1 aromatic heterocycles. The number of aryl methyl sites for hydroxylation is 1. The van der Waals surface area contributed by atoms with Crippen LogP contribution in [0.3, 0.4) is 0 Å². The van der Waals surface area contributed by atoms with Gasteiger partial charge in [0.2, 0.25) is 10.0 Å². The number of carbonyl (C=O) groups is 1. The van der Waals surface area contributed by atoms with Gasteiger partial charge >= 0.3 is 0 Å². The van der Waals surface area contributed by atoms with Gasteiger partial charge in [-0.2, -0.15) is 0 Å². The first-order valence-electron chi connectivity index (χ1n) is 7.88. The molecule has 0 aromatic carbocycles. The number of amides is 1. The van der Waals surface area contributed by atoms with Crippen molar-refractivity contribution in [3.05, 3.63) is 17.6 Å². The largest absolute Gasteiger partial charge is 0.455 e. The highest BCUT2D eigenvalue weighted by Crippen LogP contribution is 2.31. The van der Waals surface area contributed by atoms with Crippen LogP contribution in [0.1, 0.15) is 35.6 Å². The third-order valence-corrected chi connectivity index (χ3v) is 6.65. The minimum Gasteiger partial charge on any atom is -0.455 e. The highest BCUT2D eigenvalue weighted by Gasteiger charge is 2.40. The Morgan fingerprint density at radius 3 is 2.70 bits per heavy atom. The van der Waals surface area contributed by atoms with Crippen molar-refractivity contribution in [1.29, 1.82) is 0 Å². The summed E-state index contributed by atoms with van der Waals surface area (Å²) >= 11 is 0. The molecule has 0 saturated carbocycles. The Hall–Kier alpha value is -1.38. The van der Waals surface area contributed by atoms with Crippen molar-refractivity contribution in [3.63, 3.8) is 0 Å². The van der Waals surface area contributed by atoms with Crippen LogP contribution < -0.4 is 5.32 Å². The summed E-state index contributed by atoms with van der Waals surface area (Å²) in [7, 11) is -0.689. The van der Waals surface area contributed by atoms with E-state index in [4.69, 9.17) is 4.42 Å². The maximum Gasteiger partial charge on any atom is 0.290 e. The monoisotopic (exact) mass is 341 g/mol. The Morgan fingerprint density at radius 2 is 2.00 bits per heavy atom. The number of hydrogen-bond acceptors (Lipinski definition) is 5. The van der Waals surface area contributed by atoms with Crippen LogP contribution in [0.25, 0.3) is 0 Å². The summed E-state index contributed by atoms with van der Waals surface area (Å²) in [6.45, 7) is 3.26. The van der Waals surface area contributed by atoms with Crippen molar-refractivity contribution >= 4 is 15.9 Å². The van der Waals surface area contributed by atoms with E-state index in [1.807, 2.05) is 4.90 Å². The molecule has 2 aliphatic rings. The zero-order valence-corrected chi connectivity index (χ0v) is 14.5. The van der Waals surface area contributed by atoms with Crippen LogP contribution in [0.2, 0.25) is 0 Å². The quantitative estimate of drug-likeness (QED) is 0.879. The van der Waals surface area contributed by atoms with Gasteiger partial charge in [0, 0.05) is 38.8 Å². The van der Waals surface area contributed by atoms with Crippen molar-refractivity contribution in [1.82, 2.24) is 14.5 Å². The molecule has 0 radical (unpaired) electrons. The molecule has 23 heavy (non-hydrogen) atoms. The molecule has 2 bridgehead atoms. The van der Waals surface area contributed by atoms with Gasteiger partial charge in [-0.25, -0.2) is 12.7 Å². The van der Waals surface area contributed by atoms with E-state index >= 15 is 0 Å². The number of carbonyl (C=O) groups excluding carboxylic acids is 1. The third-order valence-electron chi connectivity index (χ3n) is 4.73. The van der Waals surface area contributed by atoms with Crippen molar-refractivity contribution in [2.75, 3.05) is 27.2 Å². The van der Waals surface area contributed by atoms with Crippen LogP contribution in [-0.2, 0) is 10.0 Å². The Kier molecular flexibility index (Phi) is 4.24. The topological polar surface area (TPSA) is 82.9 Å². The summed E-state index contributed by atoms with van der Waals surface area (Å²) in [5.41, 5.74) is 0. The lowest BCUT2D eigenvalue weighted by molar-refractivity contribution is 0.0646. The molecule has 1 aromatic rings. The molecule has 2 aliphatic heterocycles. The summed E-state index contributed by atoms with van der Waals surface area (Å²) in [6.07, 6.45) is 2.90. The molecule has 3 heterocycles. The van der Waals surface area contributed by atoms with E-state index in [0.717, 1.165) is 36.7 Å². The van der Waals surface area contributed by atoms with E-state index in [1.165, 1.54) is 20.2 Å². The lowest BCUT2D eigenvalue weighted by Gasteiger charge is -2.26. The molecule has 2 atom stereocenters. The van der Waals surface area contributed by atoms with Crippen LogP contribution in [0.5, 0.6) is 0 Å². The standard InChI is InChI=1S/C15H23N3O4S/c1-10-14(23(20,21)17(2)3)8-13(22-10)15(19)18-11-4-5-12(18)9-16-7-6-11/h8,11-12,16H,4-7,9H2,1-3H3. The van der Waals surface area contributed by atoms with Gasteiger partial charge in [0.25, 0.3) is 5.91 Å². The second kappa shape index (κ2) is 5.92. The molecule has 2 unspecified atom stereocenters. The number of nitrogens with one attached hydrogen (secondary N) is 1. The highest BCUT2D eigenvalue weighted by molar-refractivity contribution is 7.89. The zero-order chi connectivity index (χ0) is 16.8. The van der Waals surface area contributed by atoms with E-state index in [-0.39, 0.29) is 34.4 Å². The van der Waals surface area contributed by atoms with Gasteiger partial charge in [0.05, 0.1) is 0 Å². The van der Waals surface area contributed by atoms with E-state index in [0.29, 0.717) is 0 Å². The molecule has 128 valence electrons. The van der Waals surface area contributed by atoms with Gasteiger partial charge in [-0.05, 0) is 32.7 Å². The fourth-order valence-corrected chi connectivity index (χ4v) is 4.52. The molecule has 0 spiro atoms. The molecule has 1 N–H and O–H groups in total. The van der Waals surface area contributed by atoms with Crippen LogP contribution in [-0.4, -0.2) is 62.8 Å². The van der Waals surface area contributed by atoms with Crippen molar-refractivity contribution in [2.45, 2.75) is 43.2 Å². The number of fused-ring (bicyclic) bond motifs is 2. The van der Waals surface area contributed by atoms with Crippen LogP contribution in [0.4, 0.5) is 0 Å². The molecule has 8 heteroatoms. The molecule has 7 nitrogen and oxygen atoms in total. The number of hydrogen-bond donors (Lipinski definition) is 1. The number of nitrogens with zero attached hydrogens (tertiary/aromatic N) is 2. The van der Waals surface area contributed by atoms with E-state index < -0.39 is 10.0 Å². The summed E-state index contributed by atoms with van der Waals surface area (Å²) in [4.78, 5) is 14.8. The first kappa shape index (κ1) is 16.5. The zero-order valence-electron chi connectivity index (χ0n) is 13.7. The average Bonchev–Trinajstić information content (AvgIpc) is 2.97. The maximum atomic E-state index is 12.9. The predicted molar refractivity (Wildman–Crippen MR) is 84.8 cm³/mol. The van der Waals surface area contributed by atoms with Gasteiger partial charge < -0.3 is 14.6 Å². The highest BCUT2D eigenvalue weighted by atomic mass is 32.2. The first-order chi connectivity index (χ1) is 10.8. The Morgan fingerprint density at radius 1 is 1.30 bits per heavy atom. The minimum atomic E-state index is -3.61. The van der Waals surface area contributed by atoms with E-state index in [2.05, 4.69) is 5.32 Å². The Bertz CT molecular complexity index is 696. The molecular formula is C15H23N3O4S. The Labute approximate surface area is 136 Å². The number of sulfonamides is 1. The fraction of sp³-hybridized carbons (Fsp3) is 0.667. The van der Waals surface area contributed by atoms with E-state index in [1.54, 1.807) is 6.92 Å². The summed E-state index contributed by atoms with van der Waals surface area (Å²) in [5.74, 6) is 0.161. The van der Waals surface area contributed by atoms with Crippen molar-refractivity contribution in [2.24, 2.45) is 0 Å².